The van der Waals surface area contributed by atoms with Gasteiger partial charge in [-0.05, 0) is 34.6 Å². The molecule has 3 fully saturated rings. The highest BCUT2D eigenvalue weighted by Crippen LogP contribution is 2.39. The zero-order valence-electron chi connectivity index (χ0n) is 14.3. The van der Waals surface area contributed by atoms with Crippen molar-refractivity contribution in [2.75, 3.05) is 13.2 Å². The lowest BCUT2D eigenvalue weighted by Gasteiger charge is -2.34. The summed E-state index contributed by atoms with van der Waals surface area (Å²) in [5, 5.41) is 0. The van der Waals surface area contributed by atoms with Gasteiger partial charge < -0.3 is 23.7 Å². The Labute approximate surface area is 139 Å². The van der Waals surface area contributed by atoms with E-state index >= 15 is 0 Å². The molecule has 134 valence electrons. The van der Waals surface area contributed by atoms with Gasteiger partial charge in [0.2, 0.25) is 5.78 Å². The molecule has 0 N–H and O–H groups in total. The standard InChI is InChI=1S/C15H21NO8/c1-13(2,3)23-11(18)16-7-15(24-12(16)19)10(17)9-8(6-20-15)21-14(4,5)22-9/h8-9H,6-7H2,1-5H3/t8-,9-,15-/m1/s1. The van der Waals surface area contributed by atoms with Crippen molar-refractivity contribution in [1.82, 2.24) is 4.90 Å². The van der Waals surface area contributed by atoms with E-state index < -0.39 is 47.4 Å². The van der Waals surface area contributed by atoms with Gasteiger partial charge in [0.05, 0.1) is 6.61 Å². The molecule has 3 saturated heterocycles. The van der Waals surface area contributed by atoms with Crippen LogP contribution in [-0.2, 0) is 28.5 Å². The fourth-order valence-electron chi connectivity index (χ4n) is 2.84. The molecule has 0 aromatic carbocycles. The molecule has 3 rings (SSSR count). The highest BCUT2D eigenvalue weighted by molar-refractivity contribution is 5.99. The summed E-state index contributed by atoms with van der Waals surface area (Å²) in [4.78, 5) is 37.6. The van der Waals surface area contributed by atoms with Crippen LogP contribution in [0.1, 0.15) is 34.6 Å². The molecule has 0 aromatic rings. The largest absolute Gasteiger partial charge is 0.443 e. The molecule has 3 aliphatic rings. The first kappa shape index (κ1) is 17.1. The second-order valence-electron chi connectivity index (χ2n) is 7.46. The number of ether oxygens (including phenoxy) is 5. The Morgan fingerprint density at radius 2 is 1.92 bits per heavy atom. The number of hydrogen-bond donors (Lipinski definition) is 0. The number of carbonyl (C=O) groups excluding carboxylic acids is 3. The van der Waals surface area contributed by atoms with E-state index in [2.05, 4.69) is 0 Å². The van der Waals surface area contributed by atoms with Crippen LogP contribution >= 0.6 is 0 Å². The Morgan fingerprint density at radius 3 is 2.54 bits per heavy atom. The summed E-state index contributed by atoms with van der Waals surface area (Å²) in [5.74, 6) is -3.39. The van der Waals surface area contributed by atoms with E-state index in [1.807, 2.05) is 0 Å². The maximum absolute atomic E-state index is 12.7. The normalized spacial score (nSPS) is 35.1. The Bertz CT molecular complexity index is 595. The van der Waals surface area contributed by atoms with Crippen LogP contribution in [0.15, 0.2) is 0 Å². The van der Waals surface area contributed by atoms with Gasteiger partial charge in [-0.15, -0.1) is 0 Å². The van der Waals surface area contributed by atoms with Crippen molar-refractivity contribution in [3.63, 3.8) is 0 Å². The first-order valence-electron chi connectivity index (χ1n) is 7.70. The summed E-state index contributed by atoms with van der Waals surface area (Å²) in [5.41, 5.74) is -0.790. The smallest absolute Gasteiger partial charge is 0.422 e. The molecule has 0 aromatic heterocycles. The third-order valence-corrected chi connectivity index (χ3v) is 3.75. The molecule has 9 heteroatoms. The number of carbonyl (C=O) groups is 3. The Hall–Kier alpha value is -1.71. The molecule has 3 aliphatic heterocycles. The van der Waals surface area contributed by atoms with E-state index in [9.17, 15) is 14.4 Å². The molecule has 3 atom stereocenters. The number of hydrogen-bond acceptors (Lipinski definition) is 8. The van der Waals surface area contributed by atoms with E-state index in [-0.39, 0.29) is 13.2 Å². The third kappa shape index (κ3) is 2.87. The van der Waals surface area contributed by atoms with Crippen molar-refractivity contribution in [1.29, 1.82) is 0 Å². The van der Waals surface area contributed by atoms with Crippen molar-refractivity contribution in [3.05, 3.63) is 0 Å². The Morgan fingerprint density at radius 1 is 1.25 bits per heavy atom. The molecule has 0 unspecified atom stereocenters. The lowest BCUT2D eigenvalue weighted by Crippen LogP contribution is -2.59. The van der Waals surface area contributed by atoms with Gasteiger partial charge in [0, 0.05) is 0 Å². The first-order chi connectivity index (χ1) is 10.9. The molecule has 1 spiro atoms. The van der Waals surface area contributed by atoms with Crippen molar-refractivity contribution in [2.24, 2.45) is 0 Å². The van der Waals surface area contributed by atoms with Crippen LogP contribution in [0.3, 0.4) is 0 Å². The van der Waals surface area contributed by atoms with Gasteiger partial charge in [-0.3, -0.25) is 4.79 Å². The van der Waals surface area contributed by atoms with Crippen molar-refractivity contribution < 1.29 is 38.1 Å². The molecular formula is C15H21NO8. The van der Waals surface area contributed by atoms with Gasteiger partial charge in [0.1, 0.15) is 18.2 Å². The summed E-state index contributed by atoms with van der Waals surface area (Å²) in [6.07, 6.45) is -3.38. The van der Waals surface area contributed by atoms with Gasteiger partial charge >= 0.3 is 12.2 Å². The average Bonchev–Trinajstić information content (AvgIpc) is 2.91. The van der Waals surface area contributed by atoms with Gasteiger partial charge in [0.25, 0.3) is 5.79 Å². The molecule has 0 bridgehead atoms. The molecule has 0 saturated carbocycles. The lowest BCUT2D eigenvalue weighted by molar-refractivity contribution is -0.219. The maximum Gasteiger partial charge on any atom is 0.422 e. The van der Waals surface area contributed by atoms with E-state index in [0.717, 1.165) is 0 Å². The first-order valence-corrected chi connectivity index (χ1v) is 7.70. The predicted molar refractivity (Wildman–Crippen MR) is 76.9 cm³/mol. The summed E-state index contributed by atoms with van der Waals surface area (Å²) >= 11 is 0. The molecule has 3 heterocycles. The lowest BCUT2D eigenvalue weighted by atomic mass is 9.99. The van der Waals surface area contributed by atoms with E-state index in [4.69, 9.17) is 23.7 Å². The third-order valence-electron chi connectivity index (χ3n) is 3.75. The fraction of sp³-hybridized carbons (Fsp3) is 0.800. The van der Waals surface area contributed by atoms with E-state index in [0.29, 0.717) is 4.90 Å². The van der Waals surface area contributed by atoms with Crippen LogP contribution in [0.4, 0.5) is 9.59 Å². The summed E-state index contributed by atoms with van der Waals surface area (Å²) in [6.45, 7) is 7.99. The highest BCUT2D eigenvalue weighted by Gasteiger charge is 2.64. The number of imide groups is 1. The van der Waals surface area contributed by atoms with Crippen LogP contribution in [0.5, 0.6) is 0 Å². The average molecular weight is 343 g/mol. The van der Waals surface area contributed by atoms with Crippen LogP contribution in [-0.4, -0.2) is 65.4 Å². The number of nitrogens with zero attached hydrogens (tertiary/aromatic N) is 1. The number of rotatable bonds is 0. The van der Waals surface area contributed by atoms with E-state index in [1.54, 1.807) is 34.6 Å². The van der Waals surface area contributed by atoms with Crippen LogP contribution in [0, 0.1) is 0 Å². The number of ketones is 1. The van der Waals surface area contributed by atoms with Crippen LogP contribution < -0.4 is 0 Å². The van der Waals surface area contributed by atoms with E-state index in [1.165, 1.54) is 0 Å². The predicted octanol–water partition coefficient (Wildman–Crippen LogP) is 1.19. The quantitative estimate of drug-likeness (QED) is 0.646. The minimum absolute atomic E-state index is 0.00920. The highest BCUT2D eigenvalue weighted by atomic mass is 16.8. The summed E-state index contributed by atoms with van der Waals surface area (Å²) in [7, 11) is 0. The van der Waals surface area contributed by atoms with Crippen LogP contribution in [0.25, 0.3) is 0 Å². The van der Waals surface area contributed by atoms with Gasteiger partial charge in [-0.1, -0.05) is 0 Å². The number of Topliss-reactive ketones (excluding diaryl/α,β-unsaturated/α-hetero) is 1. The fourth-order valence-corrected chi connectivity index (χ4v) is 2.84. The topological polar surface area (TPSA) is 101 Å². The van der Waals surface area contributed by atoms with Gasteiger partial charge in [0.15, 0.2) is 11.9 Å². The molecular weight excluding hydrogens is 322 g/mol. The van der Waals surface area contributed by atoms with Crippen LogP contribution in [0.2, 0.25) is 0 Å². The Balaban J connectivity index is 1.77. The Kier molecular flexibility index (Phi) is 3.67. The summed E-state index contributed by atoms with van der Waals surface area (Å²) < 4.78 is 26.9. The minimum Gasteiger partial charge on any atom is -0.443 e. The zero-order chi connectivity index (χ0) is 17.9. The monoisotopic (exact) mass is 343 g/mol. The van der Waals surface area contributed by atoms with Gasteiger partial charge in [-0.2, -0.15) is 0 Å². The molecule has 0 aliphatic carbocycles. The number of fused-ring (bicyclic) bond motifs is 1. The van der Waals surface area contributed by atoms with Crippen molar-refractivity contribution in [2.45, 2.75) is 64.0 Å². The van der Waals surface area contributed by atoms with Gasteiger partial charge in [-0.25, -0.2) is 14.5 Å². The van der Waals surface area contributed by atoms with Crippen molar-refractivity contribution in [3.8, 4) is 0 Å². The SMILES string of the molecule is CC(C)(C)OC(=O)N1C[C@@]2(OC[C@H]3OC(C)(C)O[C@H]3C2=O)OC1=O. The molecule has 0 radical (unpaired) electrons. The molecule has 24 heavy (non-hydrogen) atoms. The molecule has 9 nitrogen and oxygen atoms in total. The number of amides is 2. The second kappa shape index (κ2) is 5.14. The molecule has 2 amide bonds. The summed E-state index contributed by atoms with van der Waals surface area (Å²) in [6, 6.07) is 0. The van der Waals surface area contributed by atoms with Crippen molar-refractivity contribution >= 4 is 18.0 Å². The second-order valence-corrected chi connectivity index (χ2v) is 7.46. The maximum atomic E-state index is 12.7. The zero-order valence-corrected chi connectivity index (χ0v) is 14.3. The minimum atomic E-state index is -1.88.